The minimum absolute atomic E-state index is 0.459. The van der Waals surface area contributed by atoms with Crippen LogP contribution in [0.5, 0.6) is 5.75 Å². The molecule has 0 fully saturated rings. The number of benzene rings is 1. The van der Waals surface area contributed by atoms with Gasteiger partial charge in [-0.15, -0.1) is 6.58 Å². The lowest BCUT2D eigenvalue weighted by molar-refractivity contribution is 0.416. The molecule has 4 nitrogen and oxygen atoms in total. The van der Waals surface area contributed by atoms with Gasteiger partial charge in [-0.1, -0.05) is 12.7 Å². The maximum absolute atomic E-state index is 5.90. The van der Waals surface area contributed by atoms with E-state index in [2.05, 4.69) is 18.5 Å². The molecule has 0 unspecified atom stereocenters. The first kappa shape index (κ1) is 12.0. The van der Waals surface area contributed by atoms with Crippen LogP contribution in [0.1, 0.15) is 5.56 Å². The van der Waals surface area contributed by atoms with Gasteiger partial charge in [0.25, 0.3) is 0 Å². The summed E-state index contributed by atoms with van der Waals surface area (Å²) in [5, 5.41) is 3.11. The molecule has 5 N–H and O–H groups in total. The zero-order valence-corrected chi connectivity index (χ0v) is 9.42. The maximum Gasteiger partial charge on any atom is 0.144 e. The molecule has 0 saturated carbocycles. The van der Waals surface area contributed by atoms with Crippen molar-refractivity contribution in [2.24, 2.45) is 5.73 Å². The Morgan fingerprint density at radius 1 is 1.56 bits per heavy atom. The SMILES string of the molecule is C=CCNc1c(N)cc(C(=C)N)cc1OC. The second-order valence-corrected chi connectivity index (χ2v) is 3.34. The molecule has 0 heterocycles. The fraction of sp³-hybridized carbons (Fsp3) is 0.167. The van der Waals surface area contributed by atoms with E-state index in [-0.39, 0.29) is 0 Å². The number of methoxy groups -OCH3 is 1. The van der Waals surface area contributed by atoms with Gasteiger partial charge in [0.2, 0.25) is 0 Å². The highest BCUT2D eigenvalue weighted by Crippen LogP contribution is 2.33. The van der Waals surface area contributed by atoms with Crippen LogP contribution < -0.4 is 21.5 Å². The van der Waals surface area contributed by atoms with Crippen molar-refractivity contribution in [3.05, 3.63) is 36.9 Å². The average molecular weight is 219 g/mol. The lowest BCUT2D eigenvalue weighted by Crippen LogP contribution is -2.06. The Balaban J connectivity index is 3.17. The molecule has 0 radical (unpaired) electrons. The molecule has 0 atom stereocenters. The summed E-state index contributed by atoms with van der Waals surface area (Å²) >= 11 is 0. The van der Waals surface area contributed by atoms with Crippen LogP contribution >= 0.6 is 0 Å². The molecular weight excluding hydrogens is 202 g/mol. The van der Waals surface area contributed by atoms with Crippen LogP contribution in [0.15, 0.2) is 31.4 Å². The molecule has 16 heavy (non-hydrogen) atoms. The summed E-state index contributed by atoms with van der Waals surface area (Å²) in [6.45, 7) is 7.91. The first-order chi connectivity index (χ1) is 7.60. The third-order valence-electron chi connectivity index (χ3n) is 2.15. The molecule has 0 bridgehead atoms. The van der Waals surface area contributed by atoms with E-state index < -0.39 is 0 Å². The Labute approximate surface area is 95.6 Å². The van der Waals surface area contributed by atoms with Gasteiger partial charge in [-0.25, -0.2) is 0 Å². The summed E-state index contributed by atoms with van der Waals surface area (Å²) in [5.74, 6) is 0.642. The largest absolute Gasteiger partial charge is 0.494 e. The van der Waals surface area contributed by atoms with E-state index in [1.807, 2.05) is 0 Å². The maximum atomic E-state index is 5.90. The van der Waals surface area contributed by atoms with Crippen LogP contribution in [-0.4, -0.2) is 13.7 Å². The summed E-state index contributed by atoms with van der Waals surface area (Å²) in [7, 11) is 1.58. The van der Waals surface area contributed by atoms with E-state index in [0.29, 0.717) is 23.7 Å². The molecule has 0 spiro atoms. The average Bonchev–Trinajstić information content (AvgIpc) is 2.26. The van der Waals surface area contributed by atoms with Crippen molar-refractivity contribution in [3.8, 4) is 5.75 Å². The van der Waals surface area contributed by atoms with Crippen molar-refractivity contribution in [3.63, 3.8) is 0 Å². The van der Waals surface area contributed by atoms with Gasteiger partial charge in [-0.2, -0.15) is 0 Å². The summed E-state index contributed by atoms with van der Waals surface area (Å²) in [6, 6.07) is 3.56. The number of ether oxygens (including phenoxy) is 1. The van der Waals surface area contributed by atoms with E-state index in [4.69, 9.17) is 16.2 Å². The second-order valence-electron chi connectivity index (χ2n) is 3.34. The summed E-state index contributed by atoms with van der Waals surface area (Å²) in [5.41, 5.74) is 14.1. The van der Waals surface area contributed by atoms with Gasteiger partial charge in [0.05, 0.1) is 12.8 Å². The molecule has 4 heteroatoms. The van der Waals surface area contributed by atoms with Crippen molar-refractivity contribution < 1.29 is 4.74 Å². The zero-order valence-electron chi connectivity index (χ0n) is 9.42. The molecule has 0 saturated heterocycles. The topological polar surface area (TPSA) is 73.3 Å². The highest BCUT2D eigenvalue weighted by molar-refractivity contribution is 5.79. The standard InChI is InChI=1S/C12H17N3O/c1-4-5-15-12-10(14)6-9(8(2)13)7-11(12)16-3/h4,6-7,15H,1-2,5,13-14H2,3H3. The molecule has 1 rings (SSSR count). The number of hydrogen-bond acceptors (Lipinski definition) is 4. The van der Waals surface area contributed by atoms with Crippen molar-refractivity contribution >= 4 is 17.1 Å². The third kappa shape index (κ3) is 2.48. The molecule has 1 aromatic rings. The minimum Gasteiger partial charge on any atom is -0.494 e. The van der Waals surface area contributed by atoms with Crippen LogP contribution in [0.3, 0.4) is 0 Å². The summed E-state index contributed by atoms with van der Waals surface area (Å²) in [4.78, 5) is 0. The van der Waals surface area contributed by atoms with Gasteiger partial charge in [0, 0.05) is 17.8 Å². The summed E-state index contributed by atoms with van der Waals surface area (Å²) in [6.07, 6.45) is 1.74. The van der Waals surface area contributed by atoms with Gasteiger partial charge in [0.15, 0.2) is 0 Å². The number of hydrogen-bond donors (Lipinski definition) is 3. The molecule has 86 valence electrons. The van der Waals surface area contributed by atoms with Crippen molar-refractivity contribution in [2.75, 3.05) is 24.7 Å². The predicted molar refractivity (Wildman–Crippen MR) is 69.3 cm³/mol. The monoisotopic (exact) mass is 219 g/mol. The van der Waals surface area contributed by atoms with Crippen LogP contribution in [0, 0.1) is 0 Å². The van der Waals surface area contributed by atoms with Crippen LogP contribution in [0.4, 0.5) is 11.4 Å². The Kier molecular flexibility index (Phi) is 3.83. The second kappa shape index (κ2) is 5.11. The van der Waals surface area contributed by atoms with Crippen molar-refractivity contribution in [1.29, 1.82) is 0 Å². The quantitative estimate of drug-likeness (QED) is 0.521. The van der Waals surface area contributed by atoms with Crippen LogP contribution in [-0.2, 0) is 0 Å². The van der Waals surface area contributed by atoms with E-state index in [9.17, 15) is 0 Å². The van der Waals surface area contributed by atoms with Gasteiger partial charge >= 0.3 is 0 Å². The Bertz CT molecular complexity index is 413. The molecule has 1 aromatic carbocycles. The molecular formula is C12H17N3O. The summed E-state index contributed by atoms with van der Waals surface area (Å²) < 4.78 is 5.24. The number of nitrogens with one attached hydrogen (secondary N) is 1. The minimum atomic E-state index is 0.459. The first-order valence-corrected chi connectivity index (χ1v) is 4.87. The Hall–Kier alpha value is -2.10. The molecule has 0 aliphatic carbocycles. The fourth-order valence-corrected chi connectivity index (χ4v) is 1.35. The van der Waals surface area contributed by atoms with Gasteiger partial charge < -0.3 is 21.5 Å². The van der Waals surface area contributed by atoms with E-state index in [0.717, 1.165) is 11.3 Å². The molecule has 0 amide bonds. The van der Waals surface area contributed by atoms with Crippen molar-refractivity contribution in [2.45, 2.75) is 0 Å². The first-order valence-electron chi connectivity index (χ1n) is 4.87. The number of nitrogen functional groups attached to an aromatic ring is 1. The van der Waals surface area contributed by atoms with E-state index in [1.54, 1.807) is 25.3 Å². The number of rotatable bonds is 5. The zero-order chi connectivity index (χ0) is 12.1. The predicted octanol–water partition coefficient (Wildman–Crippen LogP) is 1.80. The number of anilines is 2. The van der Waals surface area contributed by atoms with E-state index in [1.165, 1.54) is 0 Å². The van der Waals surface area contributed by atoms with Crippen LogP contribution in [0.2, 0.25) is 0 Å². The van der Waals surface area contributed by atoms with E-state index >= 15 is 0 Å². The highest BCUT2D eigenvalue weighted by Gasteiger charge is 2.09. The fourth-order valence-electron chi connectivity index (χ4n) is 1.35. The lowest BCUT2D eigenvalue weighted by Gasteiger charge is -2.14. The third-order valence-corrected chi connectivity index (χ3v) is 2.15. The van der Waals surface area contributed by atoms with Gasteiger partial charge in [-0.3, -0.25) is 0 Å². The smallest absolute Gasteiger partial charge is 0.144 e. The Morgan fingerprint density at radius 2 is 2.25 bits per heavy atom. The highest BCUT2D eigenvalue weighted by atomic mass is 16.5. The lowest BCUT2D eigenvalue weighted by atomic mass is 10.1. The molecule has 0 aliphatic heterocycles. The van der Waals surface area contributed by atoms with Gasteiger partial charge in [-0.05, 0) is 12.1 Å². The number of nitrogens with two attached hydrogens (primary N) is 2. The van der Waals surface area contributed by atoms with Gasteiger partial charge in [0.1, 0.15) is 11.4 Å². The molecule has 0 aromatic heterocycles. The Morgan fingerprint density at radius 3 is 2.75 bits per heavy atom. The molecule has 0 aliphatic rings. The normalized spacial score (nSPS) is 9.56. The van der Waals surface area contributed by atoms with Crippen molar-refractivity contribution in [1.82, 2.24) is 0 Å². The van der Waals surface area contributed by atoms with Crippen LogP contribution in [0.25, 0.3) is 5.70 Å².